The Morgan fingerprint density at radius 1 is 1.31 bits per heavy atom. The van der Waals surface area contributed by atoms with Gasteiger partial charge in [0.05, 0.1) is 0 Å². The molecular weight excluding hydrogens is 178 g/mol. The molecule has 0 radical (unpaired) electrons. The lowest BCUT2D eigenvalue weighted by Crippen LogP contribution is -2.36. The smallest absolute Gasteiger partial charge is 0.416 e. The average molecular weight is 191 g/mol. The predicted octanol–water partition coefficient (Wildman–Crippen LogP) is 0.663. The molecule has 1 atom stereocenters. The van der Waals surface area contributed by atoms with Crippen LogP contribution in [0.3, 0.4) is 0 Å². The lowest BCUT2D eigenvalue weighted by atomic mass is 10.1. The zero-order chi connectivity index (χ0) is 10.4. The number of rotatable bonds is 4. The zero-order valence-electron chi connectivity index (χ0n) is 7.30. The van der Waals surface area contributed by atoms with E-state index in [-0.39, 0.29) is 19.1 Å². The summed E-state index contributed by atoms with van der Waals surface area (Å²) >= 11 is 0. The van der Waals surface area contributed by atoms with Gasteiger partial charge in [-0.3, -0.25) is 0 Å². The molecule has 2 amide bonds. The summed E-state index contributed by atoms with van der Waals surface area (Å²) in [5.41, 5.74) is 0. The van der Waals surface area contributed by atoms with Gasteiger partial charge in [0.15, 0.2) is 0 Å². The Labute approximate surface area is 75.4 Å². The number of imide groups is 1. The van der Waals surface area contributed by atoms with Crippen molar-refractivity contribution in [2.24, 2.45) is 5.92 Å². The first-order valence-corrected chi connectivity index (χ1v) is 3.83. The molecule has 0 aliphatic rings. The second kappa shape index (κ2) is 5.36. The van der Waals surface area contributed by atoms with E-state index in [1.165, 1.54) is 0 Å². The number of aliphatic hydroxyl groups is 1. The highest BCUT2D eigenvalue weighted by molar-refractivity contribution is 5.85. The van der Waals surface area contributed by atoms with E-state index in [9.17, 15) is 9.59 Å². The Balaban J connectivity index is 3.98. The second-order valence-corrected chi connectivity index (χ2v) is 2.79. The molecule has 0 saturated carbocycles. The number of carboxylic acid groups (broad SMARTS) is 2. The van der Waals surface area contributed by atoms with Crippen LogP contribution in [-0.2, 0) is 0 Å². The van der Waals surface area contributed by atoms with Gasteiger partial charge in [0.25, 0.3) is 0 Å². The molecule has 3 N–H and O–H groups in total. The second-order valence-electron chi connectivity index (χ2n) is 2.79. The van der Waals surface area contributed by atoms with E-state index in [4.69, 9.17) is 15.3 Å². The minimum Gasteiger partial charge on any atom is -0.465 e. The van der Waals surface area contributed by atoms with Crippen LogP contribution in [0, 0.1) is 5.92 Å². The molecule has 0 aromatic rings. The van der Waals surface area contributed by atoms with Gasteiger partial charge in [-0.05, 0) is 12.3 Å². The molecule has 1 unspecified atom stereocenters. The number of hydrogen-bond acceptors (Lipinski definition) is 3. The van der Waals surface area contributed by atoms with Gasteiger partial charge in [-0.15, -0.1) is 0 Å². The molecular formula is C7H13NO5. The Bertz CT molecular complexity index is 179. The number of aliphatic hydroxyl groups excluding tert-OH is 1. The van der Waals surface area contributed by atoms with Gasteiger partial charge in [-0.2, -0.15) is 0 Å². The van der Waals surface area contributed by atoms with Crippen molar-refractivity contribution in [1.82, 2.24) is 4.90 Å². The summed E-state index contributed by atoms with van der Waals surface area (Å²) in [5.74, 6) is -0.0961. The van der Waals surface area contributed by atoms with Crippen LogP contribution >= 0.6 is 0 Å². The molecule has 13 heavy (non-hydrogen) atoms. The molecule has 0 saturated heterocycles. The number of carbonyl (C=O) groups is 2. The third kappa shape index (κ3) is 4.32. The van der Waals surface area contributed by atoms with Gasteiger partial charge in [0.2, 0.25) is 0 Å². The lowest BCUT2D eigenvalue weighted by Gasteiger charge is -2.15. The summed E-state index contributed by atoms with van der Waals surface area (Å²) in [6.07, 6.45) is -2.65. The minimum absolute atomic E-state index is 0.0763. The summed E-state index contributed by atoms with van der Waals surface area (Å²) in [4.78, 5) is 20.9. The third-order valence-electron chi connectivity index (χ3n) is 1.62. The van der Waals surface area contributed by atoms with Gasteiger partial charge in [-0.25, -0.2) is 14.5 Å². The Kier molecular flexibility index (Phi) is 4.83. The summed E-state index contributed by atoms with van der Waals surface area (Å²) in [7, 11) is 0. The molecule has 0 bridgehead atoms. The van der Waals surface area contributed by atoms with Crippen molar-refractivity contribution in [2.45, 2.75) is 13.3 Å². The average Bonchev–Trinajstić information content (AvgIpc) is 2.03. The number of nitrogens with zero attached hydrogens (tertiary/aromatic N) is 1. The van der Waals surface area contributed by atoms with E-state index in [2.05, 4.69) is 0 Å². The van der Waals surface area contributed by atoms with Crippen LogP contribution in [0.2, 0.25) is 0 Å². The van der Waals surface area contributed by atoms with Crippen molar-refractivity contribution in [1.29, 1.82) is 0 Å². The molecule has 0 heterocycles. The maximum Gasteiger partial charge on any atom is 0.416 e. The quantitative estimate of drug-likeness (QED) is 0.606. The molecule has 0 aromatic heterocycles. The van der Waals surface area contributed by atoms with E-state index in [1.807, 2.05) is 0 Å². The van der Waals surface area contributed by atoms with Gasteiger partial charge in [-0.1, -0.05) is 6.92 Å². The summed E-state index contributed by atoms with van der Waals surface area (Å²) in [6, 6.07) is 0. The highest BCUT2D eigenvalue weighted by Gasteiger charge is 2.19. The molecule has 0 rings (SSSR count). The van der Waals surface area contributed by atoms with Crippen LogP contribution < -0.4 is 0 Å². The fourth-order valence-corrected chi connectivity index (χ4v) is 0.714. The molecule has 0 fully saturated rings. The normalized spacial score (nSPS) is 12.2. The van der Waals surface area contributed by atoms with E-state index in [0.29, 0.717) is 11.3 Å². The standard InChI is InChI=1S/C7H13NO5/c1-5(4-9)2-3-8(6(10)11)7(12)13/h5,9H,2-4H2,1H3,(H,10,11)(H,12,13). The zero-order valence-corrected chi connectivity index (χ0v) is 7.30. The lowest BCUT2D eigenvalue weighted by molar-refractivity contribution is 0.118. The summed E-state index contributed by atoms with van der Waals surface area (Å²) < 4.78 is 0. The van der Waals surface area contributed by atoms with Crippen molar-refractivity contribution in [2.75, 3.05) is 13.2 Å². The van der Waals surface area contributed by atoms with Gasteiger partial charge < -0.3 is 15.3 Å². The Morgan fingerprint density at radius 2 is 1.77 bits per heavy atom. The largest absolute Gasteiger partial charge is 0.465 e. The summed E-state index contributed by atoms with van der Waals surface area (Å²) in [6.45, 7) is 1.53. The minimum atomic E-state index is -1.49. The topological polar surface area (TPSA) is 98.1 Å². The third-order valence-corrected chi connectivity index (χ3v) is 1.62. The molecule has 6 heteroatoms. The van der Waals surface area contributed by atoms with Crippen LogP contribution in [-0.4, -0.2) is 45.6 Å². The predicted molar refractivity (Wildman–Crippen MR) is 43.6 cm³/mol. The monoisotopic (exact) mass is 191 g/mol. The van der Waals surface area contributed by atoms with Crippen molar-refractivity contribution in [3.63, 3.8) is 0 Å². The first-order valence-electron chi connectivity index (χ1n) is 3.83. The molecule has 0 aliphatic carbocycles. The van der Waals surface area contributed by atoms with Crippen molar-refractivity contribution in [3.8, 4) is 0 Å². The summed E-state index contributed by atoms with van der Waals surface area (Å²) in [5, 5.41) is 25.4. The van der Waals surface area contributed by atoms with Gasteiger partial charge in [0.1, 0.15) is 0 Å². The maximum atomic E-state index is 10.3. The van der Waals surface area contributed by atoms with Crippen molar-refractivity contribution < 1.29 is 24.9 Å². The fraction of sp³-hybridized carbons (Fsp3) is 0.714. The Morgan fingerprint density at radius 3 is 2.08 bits per heavy atom. The molecule has 6 nitrogen and oxygen atoms in total. The molecule has 0 spiro atoms. The van der Waals surface area contributed by atoms with Crippen molar-refractivity contribution >= 4 is 12.2 Å². The first kappa shape index (κ1) is 11.7. The van der Waals surface area contributed by atoms with E-state index in [1.54, 1.807) is 6.92 Å². The SMILES string of the molecule is CC(CO)CCN(C(=O)O)C(=O)O. The number of amides is 2. The fourth-order valence-electron chi connectivity index (χ4n) is 0.714. The van der Waals surface area contributed by atoms with Crippen LogP contribution in [0.5, 0.6) is 0 Å². The first-order chi connectivity index (χ1) is 5.99. The van der Waals surface area contributed by atoms with Crippen LogP contribution in [0.15, 0.2) is 0 Å². The molecule has 76 valence electrons. The Hall–Kier alpha value is -1.30. The maximum absolute atomic E-state index is 10.3. The van der Waals surface area contributed by atoms with E-state index >= 15 is 0 Å². The van der Waals surface area contributed by atoms with E-state index in [0.717, 1.165) is 0 Å². The van der Waals surface area contributed by atoms with Crippen LogP contribution in [0.4, 0.5) is 9.59 Å². The van der Waals surface area contributed by atoms with Gasteiger partial charge >= 0.3 is 12.2 Å². The van der Waals surface area contributed by atoms with Crippen LogP contribution in [0.25, 0.3) is 0 Å². The number of hydrogen-bond donors (Lipinski definition) is 3. The van der Waals surface area contributed by atoms with E-state index < -0.39 is 12.2 Å². The molecule has 0 aromatic carbocycles. The molecule has 0 aliphatic heterocycles. The highest BCUT2D eigenvalue weighted by Crippen LogP contribution is 2.03. The highest BCUT2D eigenvalue weighted by atomic mass is 16.4. The van der Waals surface area contributed by atoms with Crippen LogP contribution in [0.1, 0.15) is 13.3 Å². The van der Waals surface area contributed by atoms with Crippen molar-refractivity contribution in [3.05, 3.63) is 0 Å². The van der Waals surface area contributed by atoms with Gasteiger partial charge in [0, 0.05) is 13.2 Å².